The van der Waals surface area contributed by atoms with Crippen LogP contribution in [0.3, 0.4) is 0 Å². The molecule has 4 atom stereocenters. The summed E-state index contributed by atoms with van der Waals surface area (Å²) in [5, 5.41) is 0. The number of rotatable bonds is 3. The number of likely N-dealkylation sites (tertiary alicyclic amines) is 1. The fourth-order valence-corrected chi connectivity index (χ4v) is 3.15. The highest BCUT2D eigenvalue weighted by Crippen LogP contribution is 2.42. The average Bonchev–Trinajstić information content (AvgIpc) is 2.79. The van der Waals surface area contributed by atoms with Crippen molar-refractivity contribution in [3.8, 4) is 0 Å². The molecule has 22 heavy (non-hydrogen) atoms. The van der Waals surface area contributed by atoms with Crippen LogP contribution in [0.5, 0.6) is 0 Å². The van der Waals surface area contributed by atoms with Crippen LogP contribution in [0.15, 0.2) is 25.3 Å². The smallest absolute Gasteiger partial charge is 0.411 e. The van der Waals surface area contributed by atoms with E-state index in [1.54, 1.807) is 17.1 Å². The van der Waals surface area contributed by atoms with E-state index < -0.39 is 11.4 Å². The minimum absolute atomic E-state index is 0.165. The molecule has 2 heterocycles. The van der Waals surface area contributed by atoms with E-state index in [0.29, 0.717) is 6.42 Å². The molecule has 2 fully saturated rings. The van der Waals surface area contributed by atoms with E-state index in [2.05, 4.69) is 13.2 Å². The molecule has 0 spiro atoms. The SMILES string of the molecule is C=CC[C@@H]1[C@H]2OC(C)(C)O[C@H]2[C@H](C=C)N1C(=O)OC(C)(C)C. The molecule has 5 heteroatoms. The Morgan fingerprint density at radius 1 is 1.27 bits per heavy atom. The summed E-state index contributed by atoms with van der Waals surface area (Å²) in [6.07, 6.45) is 3.33. The number of carbonyl (C=O) groups is 1. The van der Waals surface area contributed by atoms with E-state index in [9.17, 15) is 4.79 Å². The third-order valence-corrected chi connectivity index (χ3v) is 3.81. The molecule has 0 bridgehead atoms. The summed E-state index contributed by atoms with van der Waals surface area (Å²) in [6, 6.07) is -0.436. The zero-order valence-electron chi connectivity index (χ0n) is 14.2. The normalized spacial score (nSPS) is 33.4. The van der Waals surface area contributed by atoms with Gasteiger partial charge in [-0.3, -0.25) is 4.90 Å². The molecule has 2 aliphatic rings. The van der Waals surface area contributed by atoms with Crippen molar-refractivity contribution in [2.75, 3.05) is 0 Å². The molecule has 2 saturated heterocycles. The summed E-state index contributed by atoms with van der Waals surface area (Å²) in [5.74, 6) is -0.657. The third kappa shape index (κ3) is 3.20. The molecule has 0 radical (unpaired) electrons. The Balaban J connectivity index is 2.29. The first-order chi connectivity index (χ1) is 10.1. The molecule has 2 aliphatic heterocycles. The maximum absolute atomic E-state index is 12.6. The minimum Gasteiger partial charge on any atom is -0.444 e. The van der Waals surface area contributed by atoms with Gasteiger partial charge in [-0.15, -0.1) is 13.2 Å². The molecule has 0 unspecified atom stereocenters. The van der Waals surface area contributed by atoms with E-state index in [-0.39, 0.29) is 30.4 Å². The predicted octanol–water partition coefficient (Wildman–Crippen LogP) is 3.26. The van der Waals surface area contributed by atoms with Gasteiger partial charge < -0.3 is 14.2 Å². The quantitative estimate of drug-likeness (QED) is 0.751. The Morgan fingerprint density at radius 3 is 2.36 bits per heavy atom. The highest BCUT2D eigenvalue weighted by molar-refractivity contribution is 5.70. The van der Waals surface area contributed by atoms with E-state index in [1.165, 1.54) is 0 Å². The van der Waals surface area contributed by atoms with Crippen LogP contribution in [-0.4, -0.2) is 46.7 Å². The molecule has 0 aromatic heterocycles. The van der Waals surface area contributed by atoms with Gasteiger partial charge in [0.15, 0.2) is 5.79 Å². The molecular formula is C17H27NO4. The molecule has 0 saturated carbocycles. The van der Waals surface area contributed by atoms with Crippen LogP contribution in [0, 0.1) is 0 Å². The molecule has 0 N–H and O–H groups in total. The van der Waals surface area contributed by atoms with Crippen LogP contribution in [0.25, 0.3) is 0 Å². The van der Waals surface area contributed by atoms with Gasteiger partial charge in [-0.1, -0.05) is 12.2 Å². The van der Waals surface area contributed by atoms with Crippen molar-refractivity contribution < 1.29 is 19.0 Å². The van der Waals surface area contributed by atoms with Gasteiger partial charge in [0, 0.05) is 0 Å². The van der Waals surface area contributed by atoms with Crippen LogP contribution >= 0.6 is 0 Å². The Hall–Kier alpha value is -1.33. The molecular weight excluding hydrogens is 282 g/mol. The maximum Gasteiger partial charge on any atom is 0.411 e. The van der Waals surface area contributed by atoms with E-state index >= 15 is 0 Å². The van der Waals surface area contributed by atoms with Crippen molar-refractivity contribution in [2.24, 2.45) is 0 Å². The second-order valence-corrected chi connectivity index (χ2v) is 7.27. The van der Waals surface area contributed by atoms with Crippen molar-refractivity contribution in [1.29, 1.82) is 0 Å². The highest BCUT2D eigenvalue weighted by atomic mass is 16.8. The summed E-state index contributed by atoms with van der Waals surface area (Å²) in [7, 11) is 0. The summed E-state index contributed by atoms with van der Waals surface area (Å²) >= 11 is 0. The summed E-state index contributed by atoms with van der Waals surface area (Å²) in [4.78, 5) is 14.3. The van der Waals surface area contributed by atoms with Gasteiger partial charge in [0.05, 0.1) is 12.1 Å². The lowest BCUT2D eigenvalue weighted by molar-refractivity contribution is -0.164. The molecule has 0 aromatic carbocycles. The lowest BCUT2D eigenvalue weighted by atomic mass is 10.1. The Morgan fingerprint density at radius 2 is 1.86 bits per heavy atom. The van der Waals surface area contributed by atoms with Crippen LogP contribution in [0.1, 0.15) is 41.0 Å². The standard InChI is InChI=1S/C17H27NO4/c1-8-10-12-14-13(20-17(6,7)21-14)11(9-2)18(12)15(19)22-16(3,4)5/h8-9,11-14H,1-2,10H2,3-7H3/t11-,12+,13-,14+/m0/s1. The number of fused-ring (bicyclic) bond motifs is 1. The fraction of sp³-hybridized carbons (Fsp3) is 0.706. The summed E-state index contributed by atoms with van der Waals surface area (Å²) in [6.45, 7) is 17.0. The van der Waals surface area contributed by atoms with Gasteiger partial charge in [0.2, 0.25) is 0 Å². The molecule has 124 valence electrons. The second-order valence-electron chi connectivity index (χ2n) is 7.27. The Kier molecular flexibility index (Phi) is 4.42. The monoisotopic (exact) mass is 309 g/mol. The lowest BCUT2D eigenvalue weighted by Gasteiger charge is -2.34. The number of carbonyl (C=O) groups excluding carboxylic acids is 1. The molecule has 0 aliphatic carbocycles. The van der Waals surface area contributed by atoms with Crippen molar-refractivity contribution in [1.82, 2.24) is 4.90 Å². The first-order valence-corrected chi connectivity index (χ1v) is 7.70. The average molecular weight is 309 g/mol. The van der Waals surface area contributed by atoms with Gasteiger partial charge in [0.1, 0.15) is 17.8 Å². The van der Waals surface area contributed by atoms with E-state index in [4.69, 9.17) is 14.2 Å². The van der Waals surface area contributed by atoms with Gasteiger partial charge in [0.25, 0.3) is 0 Å². The van der Waals surface area contributed by atoms with Crippen LogP contribution in [0.2, 0.25) is 0 Å². The maximum atomic E-state index is 12.6. The largest absolute Gasteiger partial charge is 0.444 e. The van der Waals surface area contributed by atoms with Crippen molar-refractivity contribution in [3.63, 3.8) is 0 Å². The van der Waals surface area contributed by atoms with Crippen LogP contribution in [-0.2, 0) is 14.2 Å². The number of nitrogens with zero attached hydrogens (tertiary/aromatic N) is 1. The van der Waals surface area contributed by atoms with E-state index in [0.717, 1.165) is 0 Å². The third-order valence-electron chi connectivity index (χ3n) is 3.81. The number of ether oxygens (including phenoxy) is 3. The van der Waals surface area contributed by atoms with Crippen LogP contribution < -0.4 is 0 Å². The zero-order valence-corrected chi connectivity index (χ0v) is 14.2. The number of amides is 1. The van der Waals surface area contributed by atoms with Gasteiger partial charge >= 0.3 is 6.09 Å². The zero-order chi connectivity index (χ0) is 16.7. The predicted molar refractivity (Wildman–Crippen MR) is 84.5 cm³/mol. The topological polar surface area (TPSA) is 48.0 Å². The summed E-state index contributed by atoms with van der Waals surface area (Å²) in [5.41, 5.74) is -0.555. The number of hydrogen-bond donors (Lipinski definition) is 0. The van der Waals surface area contributed by atoms with Gasteiger partial charge in [-0.2, -0.15) is 0 Å². The molecule has 0 aromatic rings. The minimum atomic E-state index is -0.657. The van der Waals surface area contributed by atoms with Crippen molar-refractivity contribution in [3.05, 3.63) is 25.3 Å². The first-order valence-electron chi connectivity index (χ1n) is 7.70. The number of hydrogen-bond acceptors (Lipinski definition) is 4. The van der Waals surface area contributed by atoms with Gasteiger partial charge in [-0.05, 0) is 41.0 Å². The van der Waals surface area contributed by atoms with Crippen molar-refractivity contribution >= 4 is 6.09 Å². The molecule has 5 nitrogen and oxygen atoms in total. The van der Waals surface area contributed by atoms with E-state index in [1.807, 2.05) is 34.6 Å². The molecule has 1 amide bonds. The Bertz CT molecular complexity index is 466. The van der Waals surface area contributed by atoms with Gasteiger partial charge in [-0.25, -0.2) is 4.79 Å². The molecule has 2 rings (SSSR count). The lowest BCUT2D eigenvalue weighted by Crippen LogP contribution is -2.47. The fourth-order valence-electron chi connectivity index (χ4n) is 3.15. The highest BCUT2D eigenvalue weighted by Gasteiger charge is 2.58. The van der Waals surface area contributed by atoms with Crippen molar-refractivity contribution in [2.45, 2.75) is 76.7 Å². The second kappa shape index (κ2) is 5.70. The first kappa shape index (κ1) is 17.0. The Labute approximate surface area is 132 Å². The van der Waals surface area contributed by atoms with Crippen LogP contribution in [0.4, 0.5) is 4.79 Å². The summed E-state index contributed by atoms with van der Waals surface area (Å²) < 4.78 is 17.5.